The summed E-state index contributed by atoms with van der Waals surface area (Å²) in [5, 5.41) is 9.60. The summed E-state index contributed by atoms with van der Waals surface area (Å²) in [6.45, 7) is 8.31. The van der Waals surface area contributed by atoms with Gasteiger partial charge in [-0.25, -0.2) is 9.59 Å². The largest absolute Gasteiger partial charge is 0.507 e. The zero-order valence-corrected chi connectivity index (χ0v) is 24.6. The van der Waals surface area contributed by atoms with E-state index in [1.807, 2.05) is 13.8 Å². The van der Waals surface area contributed by atoms with Crippen LogP contribution in [0.15, 0.2) is 39.5 Å². The van der Waals surface area contributed by atoms with Crippen molar-refractivity contribution in [2.75, 3.05) is 14.2 Å². The highest BCUT2D eigenvalue weighted by atomic mass is 35.5. The third-order valence-corrected chi connectivity index (χ3v) is 5.47. The van der Waals surface area contributed by atoms with E-state index < -0.39 is 10.9 Å². The van der Waals surface area contributed by atoms with Crippen molar-refractivity contribution >= 4 is 57.3 Å². The molecule has 0 bridgehead atoms. The number of ketones is 1. The minimum absolute atomic E-state index is 0.00690. The van der Waals surface area contributed by atoms with Crippen LogP contribution in [0.25, 0.3) is 16.7 Å². The molecular formula is C28H27Cl3O8. The van der Waals surface area contributed by atoms with Crippen molar-refractivity contribution in [2.24, 2.45) is 0 Å². The number of carbonyl (C=O) groups is 2. The first-order valence-electron chi connectivity index (χ1n) is 11.1. The fourth-order valence-corrected chi connectivity index (χ4v) is 4.10. The first kappa shape index (κ1) is 33.5. The highest BCUT2D eigenvalue weighted by molar-refractivity contribution is 6.76. The van der Waals surface area contributed by atoms with Crippen molar-refractivity contribution in [3.63, 3.8) is 0 Å². The van der Waals surface area contributed by atoms with Crippen LogP contribution in [0.3, 0.4) is 0 Å². The van der Waals surface area contributed by atoms with E-state index >= 15 is 0 Å². The summed E-state index contributed by atoms with van der Waals surface area (Å²) in [5.74, 6) is 2.52. The maximum absolute atomic E-state index is 11.9. The van der Waals surface area contributed by atoms with Gasteiger partial charge in [0.1, 0.15) is 45.9 Å². The molecule has 208 valence electrons. The molecule has 3 aromatic rings. The fourth-order valence-electron chi connectivity index (χ4n) is 3.24. The summed E-state index contributed by atoms with van der Waals surface area (Å²) in [4.78, 5) is 43.1. The number of benzene rings is 2. The Balaban J connectivity index is 0.000000347. The lowest BCUT2D eigenvalue weighted by Crippen LogP contribution is -2.05. The van der Waals surface area contributed by atoms with Crippen LogP contribution in [0.2, 0.25) is 10.0 Å². The summed E-state index contributed by atoms with van der Waals surface area (Å²) in [6.07, 6.45) is 0. The summed E-state index contributed by atoms with van der Waals surface area (Å²) >= 11 is 17.4. The summed E-state index contributed by atoms with van der Waals surface area (Å²) in [6, 6.07) is 8.05. The van der Waals surface area contributed by atoms with Crippen molar-refractivity contribution in [1.82, 2.24) is 0 Å². The molecule has 0 spiro atoms. The van der Waals surface area contributed by atoms with Crippen LogP contribution in [-0.2, 0) is 14.4 Å². The van der Waals surface area contributed by atoms with Gasteiger partial charge in [-0.2, -0.15) is 0 Å². The molecule has 0 fully saturated rings. The molecule has 0 unspecified atom stereocenters. The first-order valence-corrected chi connectivity index (χ1v) is 12.3. The molecule has 0 aliphatic heterocycles. The number of halogens is 3. The average molecular weight is 598 g/mol. The second kappa shape index (κ2) is 15.1. The second-order valence-electron chi connectivity index (χ2n) is 8.21. The van der Waals surface area contributed by atoms with Crippen LogP contribution >= 0.6 is 34.8 Å². The lowest BCUT2D eigenvalue weighted by Gasteiger charge is -2.12. The predicted octanol–water partition coefficient (Wildman–Crippen LogP) is 6.52. The van der Waals surface area contributed by atoms with Gasteiger partial charge in [-0.05, 0) is 81.6 Å². The van der Waals surface area contributed by atoms with Gasteiger partial charge in [-0.3, -0.25) is 4.79 Å². The van der Waals surface area contributed by atoms with Crippen LogP contribution < -0.4 is 15.1 Å². The van der Waals surface area contributed by atoms with Gasteiger partial charge in [-0.1, -0.05) is 23.2 Å². The molecule has 8 nitrogen and oxygen atoms in total. The summed E-state index contributed by atoms with van der Waals surface area (Å²) in [7, 11) is 2.89. The Morgan fingerprint density at radius 1 is 0.872 bits per heavy atom. The molecule has 0 aliphatic rings. The molecule has 0 saturated carbocycles. The number of Topliss-reactive ketones (excluding diaryl/α,β-unsaturated/α-hetero) is 1. The van der Waals surface area contributed by atoms with E-state index in [9.17, 15) is 24.3 Å². The zero-order valence-electron chi connectivity index (χ0n) is 22.3. The molecule has 0 saturated heterocycles. The maximum atomic E-state index is 11.9. The Labute approximate surface area is 240 Å². The van der Waals surface area contributed by atoms with E-state index in [1.165, 1.54) is 40.1 Å². The summed E-state index contributed by atoms with van der Waals surface area (Å²) < 4.78 is 15.3. The number of carbonyl (C=O) groups excluding carboxylic acids is 3. The number of methoxy groups -OCH3 is 2. The molecular weight excluding hydrogens is 571 g/mol. The van der Waals surface area contributed by atoms with E-state index in [4.69, 9.17) is 48.7 Å². The SMILES string of the molecule is CC(C)=O.COc1cc(C)cc(Cl)c1-c1c(O)cc(C)oc1=O.COc1cc(C)cc(Cl)c1C(=C=O)C(=O)Cl. The molecule has 0 aliphatic carbocycles. The topological polar surface area (TPSA) is 120 Å². The van der Waals surface area contributed by atoms with Crippen molar-refractivity contribution in [1.29, 1.82) is 0 Å². The molecule has 2 aromatic carbocycles. The molecule has 1 N–H and O–H groups in total. The number of hydrogen-bond donors (Lipinski definition) is 1. The van der Waals surface area contributed by atoms with E-state index in [0.717, 1.165) is 11.1 Å². The number of aryl methyl sites for hydroxylation is 3. The summed E-state index contributed by atoms with van der Waals surface area (Å²) in [5.41, 5.74) is 1.27. The van der Waals surface area contributed by atoms with Crippen molar-refractivity contribution in [3.05, 3.63) is 73.2 Å². The lowest BCUT2D eigenvalue weighted by molar-refractivity contribution is -0.115. The lowest BCUT2D eigenvalue weighted by atomic mass is 10.0. The van der Waals surface area contributed by atoms with Crippen molar-refractivity contribution in [3.8, 4) is 28.4 Å². The third kappa shape index (κ3) is 9.30. The number of rotatable bonds is 5. The van der Waals surface area contributed by atoms with E-state index in [1.54, 1.807) is 31.2 Å². The third-order valence-electron chi connectivity index (χ3n) is 4.69. The van der Waals surface area contributed by atoms with Crippen LogP contribution in [0.4, 0.5) is 0 Å². The van der Waals surface area contributed by atoms with Gasteiger partial charge >= 0.3 is 5.63 Å². The van der Waals surface area contributed by atoms with E-state index in [-0.39, 0.29) is 33.3 Å². The zero-order chi connectivity index (χ0) is 30.0. The number of aromatic hydroxyl groups is 1. The molecule has 3 rings (SSSR count). The van der Waals surface area contributed by atoms with Gasteiger partial charge in [0.15, 0.2) is 0 Å². The normalized spacial score (nSPS) is 9.69. The van der Waals surface area contributed by atoms with E-state index in [0.29, 0.717) is 27.8 Å². The second-order valence-corrected chi connectivity index (χ2v) is 9.37. The van der Waals surface area contributed by atoms with Crippen molar-refractivity contribution < 1.29 is 33.4 Å². The van der Waals surface area contributed by atoms with Crippen LogP contribution in [0.5, 0.6) is 17.2 Å². The molecule has 1 heterocycles. The fraction of sp³-hybridized carbons (Fsp3) is 0.250. The molecule has 0 radical (unpaired) electrons. The minimum Gasteiger partial charge on any atom is -0.507 e. The maximum Gasteiger partial charge on any atom is 0.347 e. The predicted molar refractivity (Wildman–Crippen MR) is 152 cm³/mol. The van der Waals surface area contributed by atoms with Gasteiger partial charge in [-0.15, -0.1) is 0 Å². The van der Waals surface area contributed by atoms with E-state index in [2.05, 4.69) is 0 Å². The van der Waals surface area contributed by atoms with Crippen molar-refractivity contribution in [2.45, 2.75) is 34.6 Å². The first-order chi connectivity index (χ1) is 18.2. The Hall–Kier alpha value is -3.55. The Morgan fingerprint density at radius 2 is 1.36 bits per heavy atom. The smallest absolute Gasteiger partial charge is 0.347 e. The Morgan fingerprint density at radius 3 is 1.79 bits per heavy atom. The highest BCUT2D eigenvalue weighted by Crippen LogP contribution is 2.40. The molecule has 11 heteroatoms. The van der Waals surface area contributed by atoms with Crippen LogP contribution in [0, 0.1) is 20.8 Å². The average Bonchev–Trinajstić information content (AvgIpc) is 2.80. The van der Waals surface area contributed by atoms with Gasteiger partial charge in [0.05, 0.1) is 35.4 Å². The number of ether oxygens (including phenoxy) is 2. The van der Waals surface area contributed by atoms with Crippen LogP contribution in [0.1, 0.15) is 36.3 Å². The van der Waals surface area contributed by atoms with Gasteiger partial charge < -0.3 is 23.8 Å². The number of hydrogen-bond acceptors (Lipinski definition) is 8. The molecule has 0 atom stereocenters. The molecule has 0 amide bonds. The molecule has 39 heavy (non-hydrogen) atoms. The number of allylic oxidation sites excluding steroid dienone is 1. The highest BCUT2D eigenvalue weighted by Gasteiger charge is 2.21. The Bertz CT molecular complexity index is 1480. The molecule has 1 aromatic heterocycles. The quantitative estimate of drug-likeness (QED) is 0.200. The Kier molecular flexibility index (Phi) is 13.0. The minimum atomic E-state index is -0.918. The van der Waals surface area contributed by atoms with Gasteiger partial charge in [0.2, 0.25) is 0 Å². The standard InChI is InChI=1S/C14H13ClO4.C11H8Cl2O3.C3H6O/c1-7-4-9(15)12(11(5-7)18-3)13-10(16)6-8(2)19-14(13)17;1-6-3-8(12)10(9(4-6)16-2)7(5-14)11(13)15;1-3(2)4/h4-6,16H,1-3H3;3-4H,1-2H3;1-2H3. The van der Waals surface area contributed by atoms with Gasteiger partial charge in [0.25, 0.3) is 5.24 Å². The monoisotopic (exact) mass is 596 g/mol. The van der Waals surface area contributed by atoms with Gasteiger partial charge in [0, 0.05) is 6.07 Å². The van der Waals surface area contributed by atoms with Crippen LogP contribution in [-0.4, -0.2) is 36.3 Å².